The average Bonchev–Trinajstić information content (AvgIpc) is 3.28. The lowest BCUT2D eigenvalue weighted by Crippen LogP contribution is -2.46. The Balaban J connectivity index is 1.57. The van der Waals surface area contributed by atoms with Gasteiger partial charge in [-0.15, -0.1) is 0 Å². The summed E-state index contributed by atoms with van der Waals surface area (Å²) < 4.78 is 8.08. The van der Waals surface area contributed by atoms with Gasteiger partial charge < -0.3 is 9.64 Å². The number of aromatic nitrogens is 3. The zero-order valence-corrected chi connectivity index (χ0v) is 20.1. The molecule has 0 spiro atoms. The minimum Gasteiger partial charge on any atom is -0.367 e. The molecule has 2 unspecified atom stereocenters. The lowest BCUT2D eigenvalue weighted by Gasteiger charge is -2.37. The molecule has 1 amide bonds. The molecule has 0 aliphatic carbocycles. The Morgan fingerprint density at radius 3 is 2.50 bits per heavy atom. The van der Waals surface area contributed by atoms with Gasteiger partial charge in [0.15, 0.2) is 5.65 Å². The van der Waals surface area contributed by atoms with Gasteiger partial charge in [-0.1, -0.05) is 60.2 Å². The number of aryl methyl sites for hydroxylation is 1. The molecule has 174 valence electrons. The molecule has 3 heterocycles. The van der Waals surface area contributed by atoms with Crippen molar-refractivity contribution in [3.63, 3.8) is 0 Å². The van der Waals surface area contributed by atoms with E-state index in [4.69, 9.17) is 9.72 Å². The number of nitrogens with zero attached hydrogens (tertiary/aromatic N) is 4. The Hall–Kier alpha value is -3.51. The second-order valence-electron chi connectivity index (χ2n) is 9.40. The molecule has 0 bridgehead atoms. The molecule has 0 N–H and O–H groups in total. The van der Waals surface area contributed by atoms with E-state index in [1.807, 2.05) is 40.8 Å². The van der Waals surface area contributed by atoms with Gasteiger partial charge in [0.2, 0.25) is 0 Å². The van der Waals surface area contributed by atoms with Gasteiger partial charge in [0.1, 0.15) is 6.10 Å². The lowest BCUT2D eigenvalue weighted by atomic mass is 10.0. The molecule has 1 fully saturated rings. The number of fused-ring (bicyclic) bond motifs is 1. The number of rotatable bonds is 4. The highest BCUT2D eigenvalue weighted by Crippen LogP contribution is 2.30. The Morgan fingerprint density at radius 1 is 1.06 bits per heavy atom. The molecule has 2 atom stereocenters. The highest BCUT2D eigenvalue weighted by atomic mass is 16.5. The summed E-state index contributed by atoms with van der Waals surface area (Å²) in [6.45, 7) is 9.28. The standard InChI is InChI=1S/C28H30N4O2/c1-18(2)32-27-24(15-29-32)23(14-25(30-27)21-12-10-19(3)11-13-21)28(33)31-16-20(4)34-26(17-31)22-8-6-5-7-9-22/h5-15,18,20,26H,16-17H2,1-4H3. The van der Waals surface area contributed by atoms with Crippen LogP contribution in [0.3, 0.4) is 0 Å². The molecule has 0 radical (unpaired) electrons. The molecule has 4 aromatic rings. The normalized spacial score (nSPS) is 18.6. The summed E-state index contributed by atoms with van der Waals surface area (Å²) in [7, 11) is 0. The second-order valence-corrected chi connectivity index (χ2v) is 9.40. The zero-order chi connectivity index (χ0) is 23.8. The molecular weight excluding hydrogens is 424 g/mol. The van der Waals surface area contributed by atoms with Crippen LogP contribution in [0, 0.1) is 6.92 Å². The monoisotopic (exact) mass is 454 g/mol. The van der Waals surface area contributed by atoms with E-state index in [9.17, 15) is 4.79 Å². The fraction of sp³-hybridized carbons (Fsp3) is 0.321. The highest BCUT2D eigenvalue weighted by molar-refractivity contribution is 6.06. The van der Waals surface area contributed by atoms with Crippen LogP contribution in [-0.2, 0) is 4.74 Å². The van der Waals surface area contributed by atoms with Crippen LogP contribution in [0.1, 0.15) is 54.4 Å². The number of benzene rings is 2. The lowest BCUT2D eigenvalue weighted by molar-refractivity contribution is -0.0691. The Labute approximate surface area is 200 Å². The van der Waals surface area contributed by atoms with Crippen LogP contribution in [0.15, 0.2) is 66.9 Å². The van der Waals surface area contributed by atoms with Crippen molar-refractivity contribution in [1.29, 1.82) is 0 Å². The van der Waals surface area contributed by atoms with Crippen molar-refractivity contribution in [3.8, 4) is 11.3 Å². The number of carbonyl (C=O) groups excluding carboxylic acids is 1. The van der Waals surface area contributed by atoms with E-state index in [0.717, 1.165) is 27.9 Å². The Bertz CT molecular complexity index is 1310. The topological polar surface area (TPSA) is 60.3 Å². The molecule has 2 aromatic heterocycles. The Kier molecular flexibility index (Phi) is 5.92. The van der Waals surface area contributed by atoms with Gasteiger partial charge in [-0.05, 0) is 39.3 Å². The van der Waals surface area contributed by atoms with Gasteiger partial charge >= 0.3 is 0 Å². The summed E-state index contributed by atoms with van der Waals surface area (Å²) >= 11 is 0. The van der Waals surface area contributed by atoms with Crippen LogP contribution < -0.4 is 0 Å². The van der Waals surface area contributed by atoms with Crippen molar-refractivity contribution in [1.82, 2.24) is 19.7 Å². The van der Waals surface area contributed by atoms with Crippen molar-refractivity contribution in [3.05, 3.63) is 83.6 Å². The maximum atomic E-state index is 14.0. The van der Waals surface area contributed by atoms with Gasteiger partial charge in [0.05, 0.1) is 35.5 Å². The van der Waals surface area contributed by atoms with Crippen molar-refractivity contribution >= 4 is 16.9 Å². The van der Waals surface area contributed by atoms with Gasteiger partial charge in [-0.2, -0.15) is 5.10 Å². The second kappa shape index (κ2) is 9.03. The van der Waals surface area contributed by atoms with Crippen LogP contribution in [0.25, 0.3) is 22.3 Å². The van der Waals surface area contributed by atoms with Crippen LogP contribution in [0.4, 0.5) is 0 Å². The third-order valence-corrected chi connectivity index (χ3v) is 6.35. The molecule has 1 aliphatic heterocycles. The Morgan fingerprint density at radius 2 is 1.79 bits per heavy atom. The third-order valence-electron chi connectivity index (χ3n) is 6.35. The summed E-state index contributed by atoms with van der Waals surface area (Å²) in [6, 6.07) is 20.4. The minimum absolute atomic E-state index is 0.0138. The summed E-state index contributed by atoms with van der Waals surface area (Å²) in [5.74, 6) is -0.0138. The number of pyridine rings is 1. The smallest absolute Gasteiger partial charge is 0.254 e. The van der Waals surface area contributed by atoms with Gasteiger partial charge in [0.25, 0.3) is 5.91 Å². The summed E-state index contributed by atoms with van der Waals surface area (Å²) in [5, 5.41) is 5.35. The first-order valence-electron chi connectivity index (χ1n) is 11.9. The molecule has 1 saturated heterocycles. The minimum atomic E-state index is -0.152. The molecule has 0 saturated carbocycles. The van der Waals surface area contributed by atoms with Gasteiger partial charge in [0, 0.05) is 18.2 Å². The third kappa shape index (κ3) is 4.21. The maximum absolute atomic E-state index is 14.0. The van der Waals surface area contributed by atoms with E-state index >= 15 is 0 Å². The largest absolute Gasteiger partial charge is 0.367 e. The van der Waals surface area contributed by atoms with E-state index in [1.54, 1.807) is 6.20 Å². The highest BCUT2D eigenvalue weighted by Gasteiger charge is 2.31. The fourth-order valence-electron chi connectivity index (χ4n) is 4.58. The van der Waals surface area contributed by atoms with Crippen molar-refractivity contribution < 1.29 is 9.53 Å². The molecule has 34 heavy (non-hydrogen) atoms. The number of ether oxygens (including phenoxy) is 1. The van der Waals surface area contributed by atoms with E-state index in [1.165, 1.54) is 5.56 Å². The van der Waals surface area contributed by atoms with Crippen LogP contribution in [0.2, 0.25) is 0 Å². The summed E-state index contributed by atoms with van der Waals surface area (Å²) in [6.07, 6.45) is 1.56. The van der Waals surface area contributed by atoms with Crippen LogP contribution in [-0.4, -0.2) is 44.8 Å². The molecule has 6 heteroatoms. The summed E-state index contributed by atoms with van der Waals surface area (Å²) in [5.41, 5.74) is 5.39. The number of hydrogen-bond acceptors (Lipinski definition) is 4. The predicted octanol–water partition coefficient (Wildman–Crippen LogP) is 5.59. The van der Waals surface area contributed by atoms with Crippen molar-refractivity contribution in [2.24, 2.45) is 0 Å². The number of hydrogen-bond donors (Lipinski definition) is 0. The molecule has 5 rings (SSSR count). The predicted molar refractivity (Wildman–Crippen MR) is 134 cm³/mol. The first-order valence-corrected chi connectivity index (χ1v) is 11.9. The fourth-order valence-corrected chi connectivity index (χ4v) is 4.58. The maximum Gasteiger partial charge on any atom is 0.254 e. The van der Waals surface area contributed by atoms with Crippen LogP contribution >= 0.6 is 0 Å². The number of carbonyl (C=O) groups is 1. The van der Waals surface area contributed by atoms with E-state index in [0.29, 0.717) is 18.7 Å². The van der Waals surface area contributed by atoms with Gasteiger partial charge in [-0.3, -0.25) is 4.79 Å². The first kappa shape index (κ1) is 22.3. The van der Waals surface area contributed by atoms with Crippen molar-refractivity contribution in [2.75, 3.05) is 13.1 Å². The van der Waals surface area contributed by atoms with Gasteiger partial charge in [-0.25, -0.2) is 9.67 Å². The number of amides is 1. The molecule has 6 nitrogen and oxygen atoms in total. The van der Waals surface area contributed by atoms with E-state index in [2.05, 4.69) is 62.3 Å². The first-order chi connectivity index (χ1) is 16.4. The SMILES string of the molecule is Cc1ccc(-c2cc(C(=O)N3CC(C)OC(c4ccccc4)C3)c3cnn(C(C)C)c3n2)cc1. The summed E-state index contributed by atoms with van der Waals surface area (Å²) in [4.78, 5) is 20.8. The quantitative estimate of drug-likeness (QED) is 0.403. The number of morpholine rings is 1. The van der Waals surface area contributed by atoms with Crippen molar-refractivity contribution in [2.45, 2.75) is 45.9 Å². The average molecular weight is 455 g/mol. The van der Waals surface area contributed by atoms with Crippen LogP contribution in [0.5, 0.6) is 0 Å². The van der Waals surface area contributed by atoms with E-state index in [-0.39, 0.29) is 24.2 Å². The molecule has 2 aromatic carbocycles. The molecule has 1 aliphatic rings. The zero-order valence-electron chi connectivity index (χ0n) is 20.1. The van der Waals surface area contributed by atoms with E-state index < -0.39 is 0 Å². The molecular formula is C28H30N4O2.